The first-order chi connectivity index (χ1) is 8.72. The standard InChI is InChI=1S/C14H17ClFNO.ClH/c15-12-5-4-10(16)9-11(12)14-6-2-1-3-13(14)18-8-7-17-14;/h4-5,9,13,17H,1-3,6-8H2;1H. The van der Waals surface area contributed by atoms with Gasteiger partial charge in [-0.3, -0.25) is 0 Å². The molecule has 2 atom stereocenters. The van der Waals surface area contributed by atoms with Gasteiger partial charge in [-0.15, -0.1) is 12.4 Å². The fourth-order valence-electron chi connectivity index (χ4n) is 3.29. The van der Waals surface area contributed by atoms with Gasteiger partial charge in [0.15, 0.2) is 0 Å². The van der Waals surface area contributed by atoms with Crippen molar-refractivity contribution in [2.75, 3.05) is 13.2 Å². The zero-order valence-corrected chi connectivity index (χ0v) is 12.2. The number of morpholine rings is 1. The third kappa shape index (κ3) is 2.62. The lowest BCUT2D eigenvalue weighted by Crippen LogP contribution is -2.59. The van der Waals surface area contributed by atoms with Crippen LogP contribution >= 0.6 is 24.0 Å². The highest BCUT2D eigenvalue weighted by Crippen LogP contribution is 2.43. The molecule has 2 fully saturated rings. The van der Waals surface area contributed by atoms with Gasteiger partial charge in [0, 0.05) is 11.6 Å². The molecule has 0 bridgehead atoms. The molecule has 106 valence electrons. The fraction of sp³-hybridized carbons (Fsp3) is 0.571. The van der Waals surface area contributed by atoms with Crippen LogP contribution < -0.4 is 5.32 Å². The Labute approximate surface area is 124 Å². The summed E-state index contributed by atoms with van der Waals surface area (Å²) in [5.74, 6) is -0.236. The first-order valence-corrected chi connectivity index (χ1v) is 6.92. The maximum Gasteiger partial charge on any atom is 0.123 e. The van der Waals surface area contributed by atoms with Crippen molar-refractivity contribution in [3.8, 4) is 0 Å². The minimum absolute atomic E-state index is 0. The van der Waals surface area contributed by atoms with Crippen LogP contribution in [0, 0.1) is 5.82 Å². The van der Waals surface area contributed by atoms with Gasteiger partial charge in [-0.1, -0.05) is 24.4 Å². The van der Waals surface area contributed by atoms with E-state index in [9.17, 15) is 4.39 Å². The summed E-state index contributed by atoms with van der Waals surface area (Å²) in [6.45, 7) is 1.52. The van der Waals surface area contributed by atoms with Gasteiger partial charge in [0.2, 0.25) is 0 Å². The Morgan fingerprint density at radius 2 is 2.21 bits per heavy atom. The molecule has 1 aliphatic heterocycles. The van der Waals surface area contributed by atoms with E-state index in [1.807, 2.05) is 0 Å². The largest absolute Gasteiger partial charge is 0.375 e. The lowest BCUT2D eigenvalue weighted by Gasteiger charge is -2.48. The van der Waals surface area contributed by atoms with Crippen LogP contribution in [0.15, 0.2) is 18.2 Å². The minimum atomic E-state index is -0.296. The highest BCUT2D eigenvalue weighted by Gasteiger charge is 2.45. The summed E-state index contributed by atoms with van der Waals surface area (Å²) >= 11 is 6.28. The molecule has 1 aliphatic carbocycles. The summed E-state index contributed by atoms with van der Waals surface area (Å²) in [6.07, 6.45) is 4.38. The van der Waals surface area contributed by atoms with Crippen molar-refractivity contribution in [1.82, 2.24) is 5.32 Å². The maximum atomic E-state index is 13.5. The fourth-order valence-corrected chi connectivity index (χ4v) is 3.57. The molecular weight excluding hydrogens is 288 g/mol. The smallest absolute Gasteiger partial charge is 0.123 e. The molecule has 1 saturated heterocycles. The van der Waals surface area contributed by atoms with Crippen LogP contribution in [0.1, 0.15) is 31.2 Å². The van der Waals surface area contributed by atoms with Crippen LogP contribution in [-0.4, -0.2) is 19.3 Å². The molecular formula is C14H18Cl2FNO. The van der Waals surface area contributed by atoms with Crippen LogP contribution in [-0.2, 0) is 10.3 Å². The molecule has 1 N–H and O–H groups in total. The van der Waals surface area contributed by atoms with Gasteiger partial charge in [0.05, 0.1) is 18.2 Å². The van der Waals surface area contributed by atoms with E-state index in [0.29, 0.717) is 5.02 Å². The molecule has 19 heavy (non-hydrogen) atoms. The number of rotatable bonds is 1. The molecule has 3 rings (SSSR count). The SMILES string of the molecule is Cl.Fc1ccc(Cl)c(C23CCCCC2OCCN3)c1. The number of fused-ring (bicyclic) bond motifs is 1. The Balaban J connectivity index is 0.00000133. The molecule has 0 spiro atoms. The van der Waals surface area contributed by atoms with Gasteiger partial charge in [-0.2, -0.15) is 0 Å². The summed E-state index contributed by atoms with van der Waals surface area (Å²) < 4.78 is 19.4. The highest BCUT2D eigenvalue weighted by molar-refractivity contribution is 6.31. The molecule has 2 unspecified atom stereocenters. The number of ether oxygens (including phenoxy) is 1. The quantitative estimate of drug-likeness (QED) is 0.855. The molecule has 1 heterocycles. The topological polar surface area (TPSA) is 21.3 Å². The van der Waals surface area contributed by atoms with Crippen LogP contribution in [0.3, 0.4) is 0 Å². The second-order valence-corrected chi connectivity index (χ2v) is 5.53. The summed E-state index contributed by atoms with van der Waals surface area (Å²) in [6, 6.07) is 4.61. The average molecular weight is 306 g/mol. The van der Waals surface area contributed by atoms with Crippen molar-refractivity contribution in [2.24, 2.45) is 0 Å². The van der Waals surface area contributed by atoms with E-state index in [4.69, 9.17) is 16.3 Å². The zero-order chi connectivity index (χ0) is 12.6. The first-order valence-electron chi connectivity index (χ1n) is 6.54. The van der Waals surface area contributed by atoms with Gasteiger partial charge >= 0.3 is 0 Å². The van der Waals surface area contributed by atoms with Gasteiger partial charge in [0.25, 0.3) is 0 Å². The Bertz CT molecular complexity index is 443. The zero-order valence-electron chi connectivity index (χ0n) is 10.6. The third-order valence-corrected chi connectivity index (χ3v) is 4.44. The summed E-state index contributed by atoms with van der Waals surface area (Å²) in [4.78, 5) is 0. The summed E-state index contributed by atoms with van der Waals surface area (Å²) in [5.41, 5.74) is 0.559. The highest BCUT2D eigenvalue weighted by atomic mass is 35.5. The van der Waals surface area contributed by atoms with Gasteiger partial charge < -0.3 is 10.1 Å². The van der Waals surface area contributed by atoms with Crippen molar-refractivity contribution < 1.29 is 9.13 Å². The van der Waals surface area contributed by atoms with Crippen LogP contribution in [0.25, 0.3) is 0 Å². The van der Waals surface area contributed by atoms with Crippen LogP contribution in [0.2, 0.25) is 5.02 Å². The van der Waals surface area contributed by atoms with Gasteiger partial charge in [-0.25, -0.2) is 4.39 Å². The van der Waals surface area contributed by atoms with E-state index >= 15 is 0 Å². The Morgan fingerprint density at radius 1 is 1.37 bits per heavy atom. The predicted octanol–water partition coefficient (Wildman–Crippen LogP) is 3.66. The monoisotopic (exact) mass is 305 g/mol. The normalized spacial score (nSPS) is 30.3. The van der Waals surface area contributed by atoms with Crippen molar-refractivity contribution in [3.05, 3.63) is 34.6 Å². The van der Waals surface area contributed by atoms with E-state index in [-0.39, 0.29) is 29.9 Å². The molecule has 1 aromatic rings. The molecule has 1 aromatic carbocycles. The molecule has 0 radical (unpaired) electrons. The third-order valence-electron chi connectivity index (χ3n) is 4.11. The van der Waals surface area contributed by atoms with Crippen LogP contribution in [0.4, 0.5) is 4.39 Å². The van der Waals surface area contributed by atoms with E-state index in [1.54, 1.807) is 12.1 Å². The van der Waals surface area contributed by atoms with Crippen molar-refractivity contribution in [2.45, 2.75) is 37.3 Å². The van der Waals surface area contributed by atoms with Gasteiger partial charge in [-0.05, 0) is 36.6 Å². The number of hydrogen-bond donors (Lipinski definition) is 1. The first kappa shape index (κ1) is 15.0. The summed E-state index contributed by atoms with van der Waals surface area (Å²) in [5, 5.41) is 4.17. The molecule has 1 saturated carbocycles. The van der Waals surface area contributed by atoms with Crippen molar-refractivity contribution in [3.63, 3.8) is 0 Å². The number of halogens is 3. The minimum Gasteiger partial charge on any atom is -0.375 e. The van der Waals surface area contributed by atoms with Crippen molar-refractivity contribution >= 4 is 24.0 Å². The molecule has 5 heteroatoms. The number of hydrogen-bond acceptors (Lipinski definition) is 2. The van der Waals surface area contributed by atoms with E-state index in [1.165, 1.54) is 12.5 Å². The molecule has 2 nitrogen and oxygen atoms in total. The average Bonchev–Trinajstić information content (AvgIpc) is 2.41. The van der Waals surface area contributed by atoms with E-state index in [2.05, 4.69) is 5.32 Å². The Kier molecular flexibility index (Phi) is 4.72. The van der Waals surface area contributed by atoms with E-state index in [0.717, 1.165) is 38.0 Å². The van der Waals surface area contributed by atoms with Crippen LogP contribution in [0.5, 0.6) is 0 Å². The molecule has 2 aliphatic rings. The molecule has 0 aromatic heterocycles. The van der Waals surface area contributed by atoms with Gasteiger partial charge in [0.1, 0.15) is 5.82 Å². The number of benzene rings is 1. The second kappa shape index (κ2) is 5.96. The van der Waals surface area contributed by atoms with Crippen molar-refractivity contribution in [1.29, 1.82) is 0 Å². The molecule has 0 amide bonds. The Hall–Kier alpha value is -0.350. The second-order valence-electron chi connectivity index (χ2n) is 5.13. The predicted molar refractivity (Wildman–Crippen MR) is 76.5 cm³/mol. The lowest BCUT2D eigenvalue weighted by atomic mass is 9.73. The Morgan fingerprint density at radius 3 is 3.05 bits per heavy atom. The maximum absolute atomic E-state index is 13.5. The number of nitrogens with one attached hydrogen (secondary N) is 1. The van der Waals surface area contributed by atoms with E-state index < -0.39 is 0 Å². The lowest BCUT2D eigenvalue weighted by molar-refractivity contribution is -0.0756. The summed E-state index contributed by atoms with van der Waals surface area (Å²) in [7, 11) is 0.